The van der Waals surface area contributed by atoms with Crippen LogP contribution in [0.2, 0.25) is 20.6 Å². The SMILES string of the molecule is CCC/C(B1c2ccccc2CC2CCCCC12)=[C](\C1C=CC=C1)[Sn]([CH3])([CH3])[CH3]. The van der Waals surface area contributed by atoms with Gasteiger partial charge in [-0.05, 0) is 0 Å². The molecule has 0 saturated heterocycles. The zero-order valence-electron chi connectivity index (χ0n) is 18.4. The van der Waals surface area contributed by atoms with Gasteiger partial charge in [0.05, 0.1) is 0 Å². The van der Waals surface area contributed by atoms with Crippen molar-refractivity contribution in [1.29, 1.82) is 0 Å². The first-order chi connectivity index (χ1) is 13.5. The van der Waals surface area contributed by atoms with Gasteiger partial charge in [0.25, 0.3) is 0 Å². The molecule has 0 N–H and O–H groups in total. The molecule has 2 heteroatoms. The van der Waals surface area contributed by atoms with Gasteiger partial charge in [0.1, 0.15) is 0 Å². The van der Waals surface area contributed by atoms with Crippen molar-refractivity contribution < 1.29 is 0 Å². The fourth-order valence-electron chi connectivity index (χ4n) is 6.46. The topological polar surface area (TPSA) is 0 Å². The fourth-order valence-corrected chi connectivity index (χ4v) is 13.4. The van der Waals surface area contributed by atoms with E-state index in [1.807, 2.05) is 9.06 Å². The Bertz CT molecular complexity index is 783. The van der Waals surface area contributed by atoms with Crippen LogP contribution in [0.4, 0.5) is 0 Å². The predicted molar refractivity (Wildman–Crippen MR) is 128 cm³/mol. The summed E-state index contributed by atoms with van der Waals surface area (Å²) in [5, 5.41) is 0. The Balaban J connectivity index is 1.91. The van der Waals surface area contributed by atoms with E-state index in [0.717, 1.165) is 11.7 Å². The number of hydrogen-bond acceptors (Lipinski definition) is 0. The molecule has 0 radical (unpaired) electrons. The molecule has 1 fully saturated rings. The maximum atomic E-state index is 2.65. The van der Waals surface area contributed by atoms with Crippen molar-refractivity contribution in [2.45, 2.75) is 72.5 Å². The molecule has 1 aromatic rings. The second-order valence-electron chi connectivity index (χ2n) is 10.3. The predicted octanol–water partition coefficient (Wildman–Crippen LogP) is 6.76. The third kappa shape index (κ3) is 3.98. The van der Waals surface area contributed by atoms with E-state index in [1.165, 1.54) is 44.9 Å². The number of fused-ring (bicyclic) bond motifs is 2. The van der Waals surface area contributed by atoms with Crippen molar-refractivity contribution >= 4 is 30.6 Å². The van der Waals surface area contributed by atoms with Crippen molar-refractivity contribution in [2.24, 2.45) is 11.8 Å². The van der Waals surface area contributed by atoms with Crippen LogP contribution >= 0.6 is 0 Å². The van der Waals surface area contributed by atoms with Crippen LogP contribution in [-0.2, 0) is 6.42 Å². The van der Waals surface area contributed by atoms with Gasteiger partial charge >= 0.3 is 178 Å². The first kappa shape index (κ1) is 20.6. The molecule has 0 aromatic heterocycles. The van der Waals surface area contributed by atoms with Gasteiger partial charge in [-0.2, -0.15) is 0 Å². The molecular weight excluding hydrogens is 442 g/mol. The van der Waals surface area contributed by atoms with E-state index in [1.54, 1.807) is 11.0 Å². The van der Waals surface area contributed by atoms with Gasteiger partial charge in [-0.15, -0.1) is 0 Å². The van der Waals surface area contributed by atoms with Crippen LogP contribution in [0.15, 0.2) is 57.6 Å². The van der Waals surface area contributed by atoms with E-state index in [2.05, 4.69) is 70.3 Å². The van der Waals surface area contributed by atoms with Gasteiger partial charge in [-0.1, -0.05) is 0 Å². The first-order valence-electron chi connectivity index (χ1n) is 11.7. The number of hydrogen-bond donors (Lipinski definition) is 0. The summed E-state index contributed by atoms with van der Waals surface area (Å²) in [4.78, 5) is 7.94. The molecule has 0 nitrogen and oxygen atoms in total. The van der Waals surface area contributed by atoms with E-state index in [9.17, 15) is 0 Å². The van der Waals surface area contributed by atoms with Gasteiger partial charge < -0.3 is 0 Å². The molecule has 2 unspecified atom stereocenters. The molecule has 4 rings (SSSR count). The zero-order valence-corrected chi connectivity index (χ0v) is 21.2. The molecular formula is C26H37BSn. The molecule has 1 aromatic carbocycles. The summed E-state index contributed by atoms with van der Waals surface area (Å²) in [6.07, 6.45) is 19.2. The number of allylic oxidation sites excluding steroid dienone is 6. The molecule has 28 heavy (non-hydrogen) atoms. The third-order valence-electron chi connectivity index (χ3n) is 7.40. The van der Waals surface area contributed by atoms with Crippen molar-refractivity contribution in [3.8, 4) is 0 Å². The van der Waals surface area contributed by atoms with Crippen molar-refractivity contribution in [1.82, 2.24) is 0 Å². The van der Waals surface area contributed by atoms with Gasteiger partial charge in [0, 0.05) is 0 Å². The van der Waals surface area contributed by atoms with Crippen LogP contribution in [0.1, 0.15) is 51.0 Å². The van der Waals surface area contributed by atoms with Crippen LogP contribution < -0.4 is 5.46 Å². The van der Waals surface area contributed by atoms with E-state index < -0.39 is 18.4 Å². The number of rotatable bonds is 5. The molecule has 148 valence electrons. The third-order valence-corrected chi connectivity index (χ3v) is 13.9. The molecule has 1 saturated carbocycles. The molecule has 0 bridgehead atoms. The average molecular weight is 479 g/mol. The molecule has 0 amide bonds. The van der Waals surface area contributed by atoms with Gasteiger partial charge in [-0.3, -0.25) is 0 Å². The van der Waals surface area contributed by atoms with Gasteiger partial charge in [0.15, 0.2) is 0 Å². The Hall–Kier alpha value is -0.696. The Labute approximate surface area is 177 Å². The van der Waals surface area contributed by atoms with E-state index >= 15 is 0 Å². The summed E-state index contributed by atoms with van der Waals surface area (Å²) >= 11 is -2.27. The van der Waals surface area contributed by atoms with Gasteiger partial charge in [0.2, 0.25) is 0 Å². The second kappa shape index (κ2) is 8.58. The minimum absolute atomic E-state index is 0.577. The second-order valence-corrected chi connectivity index (χ2v) is 24.7. The van der Waals surface area contributed by atoms with Crippen LogP contribution in [0.3, 0.4) is 0 Å². The van der Waals surface area contributed by atoms with Crippen LogP contribution in [-0.4, -0.2) is 25.1 Å². The summed E-state index contributed by atoms with van der Waals surface area (Å²) in [5.41, 5.74) is 5.22. The number of benzene rings is 1. The van der Waals surface area contributed by atoms with Crippen LogP contribution in [0.5, 0.6) is 0 Å². The monoisotopic (exact) mass is 480 g/mol. The Morgan fingerprint density at radius 3 is 2.46 bits per heavy atom. The van der Waals surface area contributed by atoms with Crippen LogP contribution in [0, 0.1) is 11.8 Å². The summed E-state index contributed by atoms with van der Waals surface area (Å²) in [6, 6.07) is 9.49. The molecule has 2 aliphatic carbocycles. The molecule has 0 spiro atoms. The summed E-state index contributed by atoms with van der Waals surface area (Å²) in [6.45, 7) is 3.08. The Kier molecular flexibility index (Phi) is 6.30. The normalized spacial score (nSPS) is 25.5. The fraction of sp³-hybridized carbons (Fsp3) is 0.538. The van der Waals surface area contributed by atoms with E-state index in [4.69, 9.17) is 0 Å². The van der Waals surface area contributed by atoms with Crippen LogP contribution in [0.25, 0.3) is 0 Å². The minimum atomic E-state index is -2.27. The van der Waals surface area contributed by atoms with Crippen molar-refractivity contribution in [2.75, 3.05) is 0 Å². The first-order valence-corrected chi connectivity index (χ1v) is 21.7. The Morgan fingerprint density at radius 2 is 1.75 bits per heavy atom. The van der Waals surface area contributed by atoms with E-state index in [-0.39, 0.29) is 0 Å². The standard InChI is InChI=1S/C23H28B.3CH3.Sn/c1-2-9-21(16-18-10-3-4-11-18)24-22-14-7-5-12-19(22)17-20-13-6-8-15-23(20)24;;;;/h3-5,7,10-12,14,18,20,23H,2,6,8-9,13,15,17H2,1H3;3*1H3;. The van der Waals surface area contributed by atoms with E-state index in [0.29, 0.717) is 12.6 Å². The molecule has 3 aliphatic rings. The summed E-state index contributed by atoms with van der Waals surface area (Å²) in [7, 11) is 0. The van der Waals surface area contributed by atoms with Gasteiger partial charge in [-0.25, -0.2) is 0 Å². The summed E-state index contributed by atoms with van der Waals surface area (Å²) < 4.78 is 1.91. The molecule has 1 heterocycles. The molecule has 1 aliphatic heterocycles. The zero-order chi connectivity index (χ0) is 19.7. The quantitative estimate of drug-likeness (QED) is 0.410. The molecule has 2 atom stereocenters. The Morgan fingerprint density at radius 1 is 1.04 bits per heavy atom. The van der Waals surface area contributed by atoms with Crippen molar-refractivity contribution in [3.05, 3.63) is 63.2 Å². The summed E-state index contributed by atoms with van der Waals surface area (Å²) in [5.74, 6) is 2.36. The maximum absolute atomic E-state index is 2.65. The van der Waals surface area contributed by atoms with Crippen molar-refractivity contribution in [3.63, 3.8) is 0 Å². The average Bonchev–Trinajstić information content (AvgIpc) is 3.18.